The minimum atomic E-state index is 0.0953. The number of rotatable bonds is 5. The zero-order valence-electron chi connectivity index (χ0n) is 10.2. The molecule has 1 saturated carbocycles. The van der Waals surface area contributed by atoms with Gasteiger partial charge in [-0.2, -0.15) is 0 Å². The van der Waals surface area contributed by atoms with Gasteiger partial charge in [-0.1, -0.05) is 12.8 Å². The van der Waals surface area contributed by atoms with E-state index in [0.29, 0.717) is 0 Å². The van der Waals surface area contributed by atoms with Crippen LogP contribution in [0.4, 0.5) is 0 Å². The van der Waals surface area contributed by atoms with Gasteiger partial charge in [-0.15, -0.1) is 0 Å². The fourth-order valence-electron chi connectivity index (χ4n) is 2.55. The highest BCUT2D eigenvalue weighted by Gasteiger charge is 2.33. The second-order valence-electron chi connectivity index (χ2n) is 5.11. The summed E-state index contributed by atoms with van der Waals surface area (Å²) in [7, 11) is 0. The highest BCUT2D eigenvalue weighted by atomic mass is 79.9. The van der Waals surface area contributed by atoms with Gasteiger partial charge in [0.25, 0.3) is 0 Å². The van der Waals surface area contributed by atoms with E-state index in [0.717, 1.165) is 29.8 Å². The van der Waals surface area contributed by atoms with Crippen LogP contribution in [0, 0.1) is 5.41 Å². The van der Waals surface area contributed by atoms with Gasteiger partial charge in [0.1, 0.15) is 5.76 Å². The van der Waals surface area contributed by atoms with Crippen LogP contribution in [-0.2, 0) is 0 Å². The van der Waals surface area contributed by atoms with Gasteiger partial charge in [0.15, 0.2) is 4.67 Å². The zero-order chi connectivity index (χ0) is 12.3. The molecule has 1 unspecified atom stereocenters. The minimum Gasteiger partial charge on any atom is -0.453 e. The number of hydrogen-bond acceptors (Lipinski definition) is 3. The lowest BCUT2D eigenvalue weighted by Crippen LogP contribution is -2.36. The molecule has 1 aliphatic carbocycles. The number of hydrogen-bond donors (Lipinski definition) is 2. The molecule has 0 radical (unpaired) electrons. The van der Waals surface area contributed by atoms with Crippen molar-refractivity contribution in [2.45, 2.75) is 38.6 Å². The Morgan fingerprint density at radius 3 is 2.71 bits per heavy atom. The topological polar surface area (TPSA) is 45.4 Å². The molecular formula is C13H20BrNO2. The molecule has 1 aliphatic rings. The Morgan fingerprint density at radius 2 is 2.18 bits per heavy atom. The molecule has 0 amide bonds. The largest absolute Gasteiger partial charge is 0.453 e. The quantitative estimate of drug-likeness (QED) is 0.877. The Hall–Kier alpha value is -0.320. The van der Waals surface area contributed by atoms with Crippen molar-refractivity contribution in [3.63, 3.8) is 0 Å². The van der Waals surface area contributed by atoms with Crippen molar-refractivity contribution >= 4 is 15.9 Å². The van der Waals surface area contributed by atoms with E-state index >= 15 is 0 Å². The van der Waals surface area contributed by atoms with Crippen LogP contribution in [-0.4, -0.2) is 18.3 Å². The van der Waals surface area contributed by atoms with Crippen molar-refractivity contribution in [3.8, 4) is 0 Å². The fraction of sp³-hybridized carbons (Fsp3) is 0.692. The van der Waals surface area contributed by atoms with Crippen LogP contribution in [0.3, 0.4) is 0 Å². The zero-order valence-corrected chi connectivity index (χ0v) is 11.8. The molecule has 0 saturated heterocycles. The minimum absolute atomic E-state index is 0.0953. The molecule has 0 bridgehead atoms. The summed E-state index contributed by atoms with van der Waals surface area (Å²) < 4.78 is 6.28. The number of nitrogens with one attached hydrogen (secondary N) is 1. The van der Waals surface area contributed by atoms with Gasteiger partial charge in [0, 0.05) is 18.6 Å². The first-order valence-electron chi connectivity index (χ1n) is 6.25. The normalized spacial score (nSPS) is 20.6. The maximum Gasteiger partial charge on any atom is 0.169 e. The predicted octanol–water partition coefficient (Wildman–Crippen LogP) is 3.25. The highest BCUT2D eigenvalue weighted by Crippen LogP contribution is 2.37. The molecule has 1 fully saturated rings. The maximum absolute atomic E-state index is 9.53. The van der Waals surface area contributed by atoms with Gasteiger partial charge in [0.2, 0.25) is 0 Å². The summed E-state index contributed by atoms with van der Waals surface area (Å²) in [5.74, 6) is 0.933. The smallest absolute Gasteiger partial charge is 0.169 e. The van der Waals surface area contributed by atoms with Gasteiger partial charge < -0.3 is 14.8 Å². The predicted molar refractivity (Wildman–Crippen MR) is 70.8 cm³/mol. The Balaban J connectivity index is 1.89. The molecule has 2 N–H and O–H groups in total. The standard InChI is InChI=1S/C13H20BrNO2/c1-10(11-4-5-12(14)17-11)15-8-13(9-16)6-2-3-7-13/h4-5,10,15-16H,2-3,6-9H2,1H3. The first kappa shape index (κ1) is 13.1. The number of halogens is 1. The fourth-order valence-corrected chi connectivity index (χ4v) is 2.87. The van der Waals surface area contributed by atoms with E-state index in [1.807, 2.05) is 12.1 Å². The molecule has 1 aromatic heterocycles. The van der Waals surface area contributed by atoms with Crippen LogP contribution in [0.15, 0.2) is 21.2 Å². The molecule has 2 rings (SSSR count). The van der Waals surface area contributed by atoms with Crippen molar-refractivity contribution in [3.05, 3.63) is 22.6 Å². The van der Waals surface area contributed by atoms with Crippen LogP contribution >= 0.6 is 15.9 Å². The summed E-state index contributed by atoms with van der Waals surface area (Å²) in [4.78, 5) is 0. The van der Waals surface area contributed by atoms with Gasteiger partial charge in [0.05, 0.1) is 6.04 Å². The van der Waals surface area contributed by atoms with E-state index in [4.69, 9.17) is 4.42 Å². The Labute approximate surface area is 111 Å². The third-order valence-electron chi connectivity index (χ3n) is 3.80. The van der Waals surface area contributed by atoms with Crippen LogP contribution in [0.2, 0.25) is 0 Å². The molecule has 3 nitrogen and oxygen atoms in total. The molecular weight excluding hydrogens is 282 g/mol. The average Bonchev–Trinajstić information content (AvgIpc) is 2.95. The summed E-state index contributed by atoms with van der Waals surface area (Å²) in [6.45, 7) is 3.24. The van der Waals surface area contributed by atoms with E-state index in [9.17, 15) is 5.11 Å². The third-order valence-corrected chi connectivity index (χ3v) is 4.23. The van der Waals surface area contributed by atoms with Crippen LogP contribution in [0.1, 0.15) is 44.4 Å². The van der Waals surface area contributed by atoms with E-state index in [1.165, 1.54) is 12.8 Å². The SMILES string of the molecule is CC(NCC1(CO)CCCC1)c1ccc(Br)o1. The van der Waals surface area contributed by atoms with Crippen molar-refractivity contribution in [1.29, 1.82) is 0 Å². The van der Waals surface area contributed by atoms with Crippen molar-refractivity contribution < 1.29 is 9.52 Å². The Bertz CT molecular complexity index is 358. The Morgan fingerprint density at radius 1 is 1.47 bits per heavy atom. The molecule has 0 spiro atoms. The summed E-state index contributed by atoms with van der Waals surface area (Å²) in [6.07, 6.45) is 4.74. The number of aliphatic hydroxyl groups is 1. The van der Waals surface area contributed by atoms with Gasteiger partial charge in [-0.05, 0) is 47.8 Å². The summed E-state index contributed by atoms with van der Waals surface area (Å²) >= 11 is 3.31. The summed E-state index contributed by atoms with van der Waals surface area (Å²) in [6, 6.07) is 4.07. The molecule has 0 aliphatic heterocycles. The maximum atomic E-state index is 9.53. The van der Waals surface area contributed by atoms with Crippen LogP contribution < -0.4 is 5.32 Å². The van der Waals surface area contributed by atoms with Gasteiger partial charge in [-0.25, -0.2) is 0 Å². The third kappa shape index (κ3) is 3.12. The van der Waals surface area contributed by atoms with Crippen molar-refractivity contribution in [2.75, 3.05) is 13.2 Å². The highest BCUT2D eigenvalue weighted by molar-refractivity contribution is 9.10. The van der Waals surface area contributed by atoms with E-state index in [2.05, 4.69) is 28.2 Å². The lowest BCUT2D eigenvalue weighted by atomic mass is 9.87. The molecule has 17 heavy (non-hydrogen) atoms. The number of aliphatic hydroxyl groups excluding tert-OH is 1. The van der Waals surface area contributed by atoms with Gasteiger partial charge in [-0.3, -0.25) is 0 Å². The van der Waals surface area contributed by atoms with Crippen LogP contribution in [0.25, 0.3) is 0 Å². The van der Waals surface area contributed by atoms with E-state index in [1.54, 1.807) is 0 Å². The second kappa shape index (κ2) is 5.55. The first-order chi connectivity index (χ1) is 8.15. The second-order valence-corrected chi connectivity index (χ2v) is 5.89. The first-order valence-corrected chi connectivity index (χ1v) is 7.04. The monoisotopic (exact) mass is 301 g/mol. The average molecular weight is 302 g/mol. The van der Waals surface area contributed by atoms with Crippen LogP contribution in [0.5, 0.6) is 0 Å². The lowest BCUT2D eigenvalue weighted by Gasteiger charge is -2.28. The lowest BCUT2D eigenvalue weighted by molar-refractivity contribution is 0.124. The summed E-state index contributed by atoms with van der Waals surface area (Å²) in [5.41, 5.74) is 0.0953. The molecule has 1 aromatic rings. The van der Waals surface area contributed by atoms with Crippen molar-refractivity contribution in [1.82, 2.24) is 5.32 Å². The van der Waals surface area contributed by atoms with Gasteiger partial charge >= 0.3 is 0 Å². The molecule has 96 valence electrons. The number of furan rings is 1. The molecule has 0 aromatic carbocycles. The Kier molecular flexibility index (Phi) is 4.28. The molecule has 1 atom stereocenters. The van der Waals surface area contributed by atoms with E-state index < -0.39 is 0 Å². The van der Waals surface area contributed by atoms with E-state index in [-0.39, 0.29) is 18.1 Å². The summed E-state index contributed by atoms with van der Waals surface area (Å²) in [5, 5.41) is 13.0. The molecule has 4 heteroatoms. The van der Waals surface area contributed by atoms with Crippen molar-refractivity contribution in [2.24, 2.45) is 5.41 Å². The molecule has 1 heterocycles.